The van der Waals surface area contributed by atoms with Crippen LogP contribution >= 0.6 is 0 Å². The average molecular weight is 995 g/mol. The van der Waals surface area contributed by atoms with Crippen LogP contribution < -0.4 is 0 Å². The number of fused-ring (bicyclic) bond motifs is 2. The van der Waals surface area contributed by atoms with Gasteiger partial charge in [-0.1, -0.05) is 45.9 Å². The van der Waals surface area contributed by atoms with Gasteiger partial charge in [-0.25, -0.2) is 24.7 Å². The van der Waals surface area contributed by atoms with Crippen LogP contribution in [0.4, 0.5) is 0 Å². The number of imide groups is 2. The molecule has 6 aliphatic heterocycles. The second kappa shape index (κ2) is 21.4. The number of aliphatic hydroxyl groups is 1. The number of allylic oxidation sites excluding steroid dienone is 6. The summed E-state index contributed by atoms with van der Waals surface area (Å²) < 4.78 is 32.6. The van der Waals surface area contributed by atoms with Crippen molar-refractivity contribution >= 4 is 69.0 Å². The molecule has 376 valence electrons. The van der Waals surface area contributed by atoms with Crippen LogP contribution in [0.15, 0.2) is 92.9 Å². The Hall–Kier alpha value is -6.93. The van der Waals surface area contributed by atoms with Crippen molar-refractivity contribution in [2.45, 2.75) is 72.4 Å². The van der Waals surface area contributed by atoms with E-state index in [1.54, 1.807) is 47.6 Å². The number of amides is 6. The number of carbonyl (C=O) groups excluding carboxylic acids is 8. The van der Waals surface area contributed by atoms with Crippen molar-refractivity contribution in [1.29, 1.82) is 0 Å². The molecule has 70 heavy (non-hydrogen) atoms. The van der Waals surface area contributed by atoms with E-state index in [4.69, 9.17) is 29.3 Å². The Balaban J connectivity index is 1.14. The lowest BCUT2D eigenvalue weighted by atomic mass is 9.78. The number of hydrogen-bond donors (Lipinski definition) is 2. The summed E-state index contributed by atoms with van der Waals surface area (Å²) in [6, 6.07) is 0. The summed E-state index contributed by atoms with van der Waals surface area (Å²) in [7, 11) is -1.76. The van der Waals surface area contributed by atoms with Crippen LogP contribution in [0, 0.1) is 10.8 Å². The standard InChI is InChI=1S/C45H54N8O16S/c1-44(2)30-22-28(42(61)48(5)66-26-38(59)68-52-34(55)14-15-35(52)56)24-50(18-10-20-54)40(30)46-32(44)12-8-7-9-13-33-45(3,4)31-23-29(25-51(41(31)47-33)19-11-21-70(63,64)65)43(62)49(6)67-27-39(60)69-53-36(57)16-17-37(53)58/h7-9,12-13,22-25,40,54H,10-11,14-21,26-27H2,1-6H3,(H,63,64,65)/b9-7+,12-8+,33-13+. The van der Waals surface area contributed by atoms with Gasteiger partial charge in [-0.2, -0.15) is 8.42 Å². The Morgan fingerprint density at radius 3 is 1.84 bits per heavy atom. The Morgan fingerprint density at radius 2 is 1.31 bits per heavy atom. The minimum absolute atomic E-state index is 0.0253. The fourth-order valence-corrected chi connectivity index (χ4v) is 8.37. The quantitative estimate of drug-likeness (QED) is 0.0748. The first-order valence-corrected chi connectivity index (χ1v) is 23.7. The fourth-order valence-electron chi connectivity index (χ4n) is 7.88. The number of hydroxylamine groups is 8. The minimum atomic E-state index is -4.31. The van der Waals surface area contributed by atoms with Crippen LogP contribution in [0.5, 0.6) is 0 Å². The molecule has 6 heterocycles. The number of hydrogen-bond acceptors (Lipinski definition) is 19. The van der Waals surface area contributed by atoms with Gasteiger partial charge in [0.15, 0.2) is 13.2 Å². The second-order valence-corrected chi connectivity index (χ2v) is 19.2. The normalized spacial score (nSPS) is 21.2. The molecule has 1 atom stereocenters. The van der Waals surface area contributed by atoms with E-state index < -0.39 is 93.5 Å². The summed E-state index contributed by atoms with van der Waals surface area (Å²) in [6.45, 7) is 6.35. The lowest BCUT2D eigenvalue weighted by molar-refractivity contribution is -0.211. The molecule has 0 aliphatic carbocycles. The molecular weight excluding hydrogens is 941 g/mol. The molecule has 24 nitrogen and oxygen atoms in total. The highest BCUT2D eigenvalue weighted by atomic mass is 32.2. The first-order valence-electron chi connectivity index (χ1n) is 22.1. The molecule has 6 rings (SSSR count). The molecule has 0 bridgehead atoms. The van der Waals surface area contributed by atoms with E-state index >= 15 is 0 Å². The number of nitrogens with zero attached hydrogens (tertiary/aromatic N) is 8. The topological polar surface area (TPSA) is 292 Å². The summed E-state index contributed by atoms with van der Waals surface area (Å²) in [4.78, 5) is 133. The second-order valence-electron chi connectivity index (χ2n) is 17.6. The minimum Gasteiger partial charge on any atom is -0.396 e. The van der Waals surface area contributed by atoms with Gasteiger partial charge < -0.3 is 24.6 Å². The van der Waals surface area contributed by atoms with Crippen LogP contribution in [0.2, 0.25) is 0 Å². The van der Waals surface area contributed by atoms with Crippen molar-refractivity contribution in [3.63, 3.8) is 0 Å². The highest BCUT2D eigenvalue weighted by Gasteiger charge is 2.44. The molecule has 2 N–H and O–H groups in total. The SMILES string of the molecule is CN(OCC(=O)ON1C(=O)CCC1=O)C(=O)C1=CN(CCCS(=O)(=O)O)C2=N/C(=C/C=C/C=C/C3=NC4C(=CC(C(=O)N(C)OCC(=O)ON5C(=O)CCC5=O)=CN4CCCO)C3(C)C)C(C)(C)C2=C1. The molecule has 0 aromatic rings. The Kier molecular flexibility index (Phi) is 16.0. The van der Waals surface area contributed by atoms with E-state index in [9.17, 15) is 56.4 Å². The maximum absolute atomic E-state index is 13.6. The van der Waals surface area contributed by atoms with Crippen molar-refractivity contribution in [1.82, 2.24) is 30.1 Å². The number of aliphatic imine (C=N–C) groups is 2. The third kappa shape index (κ3) is 11.9. The van der Waals surface area contributed by atoms with Gasteiger partial charge in [0, 0.05) is 94.0 Å². The first-order chi connectivity index (χ1) is 32.9. The molecule has 0 radical (unpaired) electrons. The van der Waals surface area contributed by atoms with Crippen molar-refractivity contribution in [2.75, 3.05) is 52.8 Å². The average Bonchev–Trinajstić information content (AvgIpc) is 3.97. The highest BCUT2D eigenvalue weighted by Crippen LogP contribution is 2.46. The Labute approximate surface area is 402 Å². The number of aliphatic hydroxyl groups excluding tert-OH is 1. The number of rotatable bonds is 20. The van der Waals surface area contributed by atoms with Gasteiger partial charge in [0.2, 0.25) is 0 Å². The maximum Gasteiger partial charge on any atom is 0.361 e. The predicted octanol–water partition coefficient (Wildman–Crippen LogP) is 1.13. The lowest BCUT2D eigenvalue weighted by Gasteiger charge is -2.34. The van der Waals surface area contributed by atoms with E-state index in [-0.39, 0.29) is 56.4 Å². The third-order valence-electron chi connectivity index (χ3n) is 11.8. The smallest absolute Gasteiger partial charge is 0.361 e. The summed E-state index contributed by atoms with van der Waals surface area (Å²) in [5.74, 6) is -6.26. The molecule has 1 unspecified atom stereocenters. The monoisotopic (exact) mass is 994 g/mol. The zero-order valence-corrected chi connectivity index (χ0v) is 40.2. The lowest BCUT2D eigenvalue weighted by Crippen LogP contribution is -2.39. The largest absolute Gasteiger partial charge is 0.396 e. The number of likely N-dealkylation sites (N-methyl/N-ethyl adjacent to an activating group) is 2. The summed E-state index contributed by atoms with van der Waals surface area (Å²) in [5, 5.41) is 12.0. The van der Waals surface area contributed by atoms with Crippen LogP contribution in [0.25, 0.3) is 0 Å². The van der Waals surface area contributed by atoms with Gasteiger partial charge in [-0.3, -0.25) is 48.0 Å². The number of amidine groups is 1. The van der Waals surface area contributed by atoms with E-state index in [1.165, 1.54) is 20.3 Å². The van der Waals surface area contributed by atoms with Crippen molar-refractivity contribution in [3.05, 3.63) is 82.9 Å². The maximum atomic E-state index is 13.6. The predicted molar refractivity (Wildman–Crippen MR) is 243 cm³/mol. The van der Waals surface area contributed by atoms with Crippen molar-refractivity contribution < 1.29 is 75.8 Å². The molecule has 0 aromatic carbocycles. The van der Waals surface area contributed by atoms with Gasteiger partial charge in [-0.15, -0.1) is 10.1 Å². The van der Waals surface area contributed by atoms with E-state index in [0.717, 1.165) is 15.7 Å². The summed E-state index contributed by atoms with van der Waals surface area (Å²) in [6.07, 6.45) is 14.7. The molecule has 6 amide bonds. The first kappa shape index (κ1) is 52.4. The molecule has 0 saturated carbocycles. The summed E-state index contributed by atoms with van der Waals surface area (Å²) >= 11 is 0. The molecule has 2 fully saturated rings. The Bertz CT molecular complexity index is 2610. The highest BCUT2D eigenvalue weighted by molar-refractivity contribution is 7.85. The van der Waals surface area contributed by atoms with Crippen molar-refractivity contribution in [3.8, 4) is 0 Å². The van der Waals surface area contributed by atoms with Crippen LogP contribution in [0.1, 0.15) is 66.2 Å². The third-order valence-corrected chi connectivity index (χ3v) is 12.6. The van der Waals surface area contributed by atoms with Gasteiger partial charge in [-0.05, 0) is 42.7 Å². The van der Waals surface area contributed by atoms with E-state index in [2.05, 4.69) is 0 Å². The zero-order valence-electron chi connectivity index (χ0n) is 39.4. The van der Waals surface area contributed by atoms with Crippen LogP contribution in [-0.2, 0) is 67.8 Å². The van der Waals surface area contributed by atoms with Gasteiger partial charge in [0.25, 0.3) is 45.6 Å². The molecule has 6 aliphatic rings. The molecule has 2 saturated heterocycles. The van der Waals surface area contributed by atoms with Crippen molar-refractivity contribution in [2.24, 2.45) is 20.8 Å². The van der Waals surface area contributed by atoms with Crippen LogP contribution in [-0.4, -0.2) is 166 Å². The fraction of sp³-hybridized carbons (Fsp3) is 0.467. The van der Waals surface area contributed by atoms with Gasteiger partial charge in [0.05, 0.1) is 22.6 Å². The van der Waals surface area contributed by atoms with E-state index in [1.807, 2.05) is 38.7 Å². The molecule has 25 heteroatoms. The van der Waals surface area contributed by atoms with E-state index in [0.29, 0.717) is 45.9 Å². The summed E-state index contributed by atoms with van der Waals surface area (Å²) in [5.41, 5.74) is 1.43. The number of carbonyl (C=O) groups is 8. The Morgan fingerprint density at radius 1 is 0.771 bits per heavy atom. The van der Waals surface area contributed by atoms with Gasteiger partial charge in [0.1, 0.15) is 12.0 Å². The zero-order chi connectivity index (χ0) is 51.3. The van der Waals surface area contributed by atoms with Crippen LogP contribution in [0.3, 0.4) is 0 Å². The molecule has 0 spiro atoms. The molecular formula is C45H54N8O16S. The molecule has 0 aromatic heterocycles. The van der Waals surface area contributed by atoms with Gasteiger partial charge >= 0.3 is 11.9 Å².